The van der Waals surface area contributed by atoms with Gasteiger partial charge in [-0.1, -0.05) is 0 Å². The van der Waals surface area contributed by atoms with Crippen molar-refractivity contribution in [3.8, 4) is 11.4 Å². The third-order valence-corrected chi connectivity index (χ3v) is 1.97. The molecule has 0 aromatic carbocycles. The standard InChI is InChI=1S/C8H11N5/c1-6-7(4-13(3)11-6)8-10-9-5-12(8)2/h4-5H,1-3H3. The third kappa shape index (κ3) is 1.22. The first-order chi connectivity index (χ1) is 6.18. The molecule has 0 fully saturated rings. The van der Waals surface area contributed by atoms with Crippen LogP contribution in [-0.2, 0) is 14.1 Å². The molecule has 0 unspecified atom stereocenters. The molecular formula is C8H11N5. The van der Waals surface area contributed by atoms with Gasteiger partial charge in [-0.2, -0.15) is 5.10 Å². The number of nitrogens with zero attached hydrogens (tertiary/aromatic N) is 5. The summed E-state index contributed by atoms with van der Waals surface area (Å²) in [6.07, 6.45) is 3.63. The number of hydrogen-bond acceptors (Lipinski definition) is 3. The van der Waals surface area contributed by atoms with Crippen LogP contribution in [0.2, 0.25) is 0 Å². The van der Waals surface area contributed by atoms with Crippen molar-refractivity contribution in [1.82, 2.24) is 24.5 Å². The highest BCUT2D eigenvalue weighted by Crippen LogP contribution is 2.18. The van der Waals surface area contributed by atoms with Gasteiger partial charge in [0, 0.05) is 20.3 Å². The van der Waals surface area contributed by atoms with Crippen LogP contribution in [0.4, 0.5) is 0 Å². The molecule has 5 heteroatoms. The van der Waals surface area contributed by atoms with Crippen LogP contribution in [0.25, 0.3) is 11.4 Å². The van der Waals surface area contributed by atoms with E-state index in [2.05, 4.69) is 15.3 Å². The Balaban J connectivity index is 2.58. The van der Waals surface area contributed by atoms with Crippen LogP contribution in [0.3, 0.4) is 0 Å². The fourth-order valence-corrected chi connectivity index (χ4v) is 1.35. The van der Waals surface area contributed by atoms with Gasteiger partial charge < -0.3 is 4.57 Å². The van der Waals surface area contributed by atoms with Crippen LogP contribution in [-0.4, -0.2) is 24.5 Å². The Kier molecular flexibility index (Phi) is 1.65. The van der Waals surface area contributed by atoms with E-state index in [1.807, 2.05) is 31.8 Å². The molecule has 2 aromatic heterocycles. The molecule has 0 atom stereocenters. The van der Waals surface area contributed by atoms with Crippen LogP contribution < -0.4 is 0 Å². The van der Waals surface area contributed by atoms with Gasteiger partial charge in [0.1, 0.15) is 6.33 Å². The van der Waals surface area contributed by atoms with Crippen molar-refractivity contribution in [2.24, 2.45) is 14.1 Å². The van der Waals surface area contributed by atoms with Gasteiger partial charge in [0.15, 0.2) is 5.82 Å². The van der Waals surface area contributed by atoms with Gasteiger partial charge in [-0.15, -0.1) is 10.2 Å². The molecule has 5 nitrogen and oxygen atoms in total. The summed E-state index contributed by atoms with van der Waals surface area (Å²) in [6, 6.07) is 0. The summed E-state index contributed by atoms with van der Waals surface area (Å²) in [4.78, 5) is 0. The minimum atomic E-state index is 0.852. The minimum absolute atomic E-state index is 0.852. The quantitative estimate of drug-likeness (QED) is 0.638. The SMILES string of the molecule is Cc1nn(C)cc1-c1nncn1C. The highest BCUT2D eigenvalue weighted by atomic mass is 15.3. The summed E-state index contributed by atoms with van der Waals surface area (Å²) in [5, 5.41) is 12.1. The van der Waals surface area contributed by atoms with Crippen molar-refractivity contribution in [1.29, 1.82) is 0 Å². The predicted octanol–water partition coefficient (Wildman–Crippen LogP) is 0.524. The van der Waals surface area contributed by atoms with Crippen molar-refractivity contribution < 1.29 is 0 Å². The fraction of sp³-hybridized carbons (Fsp3) is 0.375. The summed E-state index contributed by atoms with van der Waals surface area (Å²) in [7, 11) is 3.81. The average molecular weight is 177 g/mol. The number of aromatic nitrogens is 5. The van der Waals surface area contributed by atoms with Crippen molar-refractivity contribution in [2.45, 2.75) is 6.92 Å². The van der Waals surface area contributed by atoms with Gasteiger partial charge in [0.05, 0.1) is 11.3 Å². The zero-order valence-corrected chi connectivity index (χ0v) is 7.89. The van der Waals surface area contributed by atoms with Crippen molar-refractivity contribution >= 4 is 0 Å². The molecule has 2 aromatic rings. The van der Waals surface area contributed by atoms with Crippen molar-refractivity contribution in [3.63, 3.8) is 0 Å². The molecule has 13 heavy (non-hydrogen) atoms. The number of aryl methyl sites for hydroxylation is 3. The van der Waals surface area contributed by atoms with E-state index in [1.165, 1.54) is 0 Å². The van der Waals surface area contributed by atoms with E-state index in [9.17, 15) is 0 Å². The Hall–Kier alpha value is -1.65. The molecule has 0 radical (unpaired) electrons. The van der Waals surface area contributed by atoms with Gasteiger partial charge in [-0.25, -0.2) is 0 Å². The van der Waals surface area contributed by atoms with E-state index >= 15 is 0 Å². The van der Waals surface area contributed by atoms with Crippen LogP contribution in [0.15, 0.2) is 12.5 Å². The second-order valence-electron chi connectivity index (χ2n) is 3.07. The van der Waals surface area contributed by atoms with E-state index in [1.54, 1.807) is 11.0 Å². The summed E-state index contributed by atoms with van der Waals surface area (Å²) < 4.78 is 3.66. The van der Waals surface area contributed by atoms with E-state index in [0.717, 1.165) is 17.1 Å². The van der Waals surface area contributed by atoms with Crippen molar-refractivity contribution in [3.05, 3.63) is 18.2 Å². The van der Waals surface area contributed by atoms with Gasteiger partial charge in [-0.05, 0) is 6.92 Å². The Morgan fingerprint density at radius 1 is 1.31 bits per heavy atom. The van der Waals surface area contributed by atoms with E-state index in [4.69, 9.17) is 0 Å². The third-order valence-electron chi connectivity index (χ3n) is 1.97. The maximum atomic E-state index is 4.24. The first-order valence-corrected chi connectivity index (χ1v) is 4.03. The zero-order valence-electron chi connectivity index (χ0n) is 7.89. The maximum absolute atomic E-state index is 4.24. The molecule has 0 saturated heterocycles. The number of hydrogen-bond donors (Lipinski definition) is 0. The lowest BCUT2D eigenvalue weighted by molar-refractivity contribution is 0.756. The van der Waals surface area contributed by atoms with Crippen molar-refractivity contribution in [2.75, 3.05) is 0 Å². The molecule has 0 spiro atoms. The van der Waals surface area contributed by atoms with E-state index in [0.29, 0.717) is 0 Å². The topological polar surface area (TPSA) is 48.5 Å². The lowest BCUT2D eigenvalue weighted by Gasteiger charge is -1.95. The first-order valence-electron chi connectivity index (χ1n) is 4.03. The van der Waals surface area contributed by atoms with E-state index in [-0.39, 0.29) is 0 Å². The monoisotopic (exact) mass is 177 g/mol. The highest BCUT2D eigenvalue weighted by Gasteiger charge is 2.10. The average Bonchev–Trinajstić information content (AvgIpc) is 2.58. The molecular weight excluding hydrogens is 166 g/mol. The molecule has 0 aliphatic rings. The fourth-order valence-electron chi connectivity index (χ4n) is 1.35. The smallest absolute Gasteiger partial charge is 0.166 e. The largest absolute Gasteiger partial charge is 0.317 e. The molecule has 0 bridgehead atoms. The second kappa shape index (κ2) is 2.69. The second-order valence-corrected chi connectivity index (χ2v) is 3.07. The maximum Gasteiger partial charge on any atom is 0.166 e. The lowest BCUT2D eigenvalue weighted by Crippen LogP contribution is -1.91. The Labute approximate surface area is 76.0 Å². The molecule has 0 amide bonds. The molecule has 0 saturated carbocycles. The Morgan fingerprint density at radius 2 is 2.08 bits per heavy atom. The van der Waals surface area contributed by atoms with Gasteiger partial charge in [-0.3, -0.25) is 4.68 Å². The molecule has 68 valence electrons. The summed E-state index contributed by atoms with van der Waals surface area (Å²) >= 11 is 0. The van der Waals surface area contributed by atoms with Crippen LogP contribution in [0.5, 0.6) is 0 Å². The minimum Gasteiger partial charge on any atom is -0.317 e. The normalized spacial score (nSPS) is 10.7. The van der Waals surface area contributed by atoms with Gasteiger partial charge >= 0.3 is 0 Å². The van der Waals surface area contributed by atoms with E-state index < -0.39 is 0 Å². The molecule has 0 N–H and O–H groups in total. The van der Waals surface area contributed by atoms with Gasteiger partial charge in [0.2, 0.25) is 0 Å². The lowest BCUT2D eigenvalue weighted by atomic mass is 10.2. The first kappa shape index (κ1) is 7.97. The molecule has 0 aliphatic heterocycles. The summed E-state index contributed by atoms with van der Waals surface area (Å²) in [6.45, 7) is 1.96. The zero-order chi connectivity index (χ0) is 9.42. The van der Waals surface area contributed by atoms with Gasteiger partial charge in [0.25, 0.3) is 0 Å². The van der Waals surface area contributed by atoms with Crippen LogP contribution in [0.1, 0.15) is 5.69 Å². The van der Waals surface area contributed by atoms with Crippen LogP contribution in [0, 0.1) is 6.92 Å². The molecule has 0 aliphatic carbocycles. The number of rotatable bonds is 1. The molecule has 2 heterocycles. The highest BCUT2D eigenvalue weighted by molar-refractivity contribution is 5.56. The molecule has 2 rings (SSSR count). The Morgan fingerprint density at radius 3 is 2.54 bits per heavy atom. The Bertz CT molecular complexity index is 425. The summed E-state index contributed by atoms with van der Waals surface area (Å²) in [5.74, 6) is 0.852. The van der Waals surface area contributed by atoms with Crippen LogP contribution >= 0.6 is 0 Å². The predicted molar refractivity (Wildman–Crippen MR) is 47.9 cm³/mol. The summed E-state index contributed by atoms with van der Waals surface area (Å²) in [5.41, 5.74) is 2.00.